The van der Waals surface area contributed by atoms with Crippen LogP contribution >= 0.6 is 11.8 Å². The summed E-state index contributed by atoms with van der Waals surface area (Å²) in [6.07, 6.45) is 4.46. The molecule has 5 heteroatoms. The number of thioether (sulfide) groups is 1. The predicted octanol–water partition coefficient (Wildman–Crippen LogP) is 3.55. The second-order valence-corrected chi connectivity index (χ2v) is 4.90. The molecule has 1 aromatic rings. The first-order valence-corrected chi connectivity index (χ1v) is 6.30. The monoisotopic (exact) mass is 261 g/mol. The van der Waals surface area contributed by atoms with Gasteiger partial charge in [-0.05, 0) is 41.2 Å². The van der Waals surface area contributed by atoms with E-state index in [2.05, 4.69) is 0 Å². The summed E-state index contributed by atoms with van der Waals surface area (Å²) in [5, 5.41) is 10.5. The smallest absolute Gasteiger partial charge is 0.269 e. The Hall–Kier alpha value is -1.88. The maximum atomic E-state index is 11.7. The summed E-state index contributed by atoms with van der Waals surface area (Å²) in [5.41, 5.74) is 1.48. The van der Waals surface area contributed by atoms with Crippen LogP contribution in [0.5, 0.6) is 0 Å². The third-order valence-electron chi connectivity index (χ3n) is 2.55. The second kappa shape index (κ2) is 5.18. The first-order valence-electron chi connectivity index (χ1n) is 5.49. The molecule has 0 N–H and O–H groups in total. The predicted molar refractivity (Wildman–Crippen MR) is 72.0 cm³/mol. The summed E-state index contributed by atoms with van der Waals surface area (Å²) < 4.78 is 0. The van der Waals surface area contributed by atoms with Gasteiger partial charge in [0.05, 0.1) is 4.92 Å². The van der Waals surface area contributed by atoms with Crippen LogP contribution in [0.4, 0.5) is 5.69 Å². The maximum Gasteiger partial charge on any atom is 0.269 e. The lowest BCUT2D eigenvalue weighted by molar-refractivity contribution is -0.384. The molecule has 0 aromatic heterocycles. The lowest BCUT2D eigenvalue weighted by Gasteiger charge is -1.95. The van der Waals surface area contributed by atoms with E-state index in [-0.39, 0.29) is 10.8 Å². The van der Waals surface area contributed by atoms with E-state index in [9.17, 15) is 14.9 Å². The summed E-state index contributed by atoms with van der Waals surface area (Å²) in [5.74, 6) is 0. The number of nitrogens with zero attached hydrogens (tertiary/aromatic N) is 1. The lowest BCUT2D eigenvalue weighted by Crippen LogP contribution is -1.89. The average Bonchev–Trinajstić information content (AvgIpc) is 2.71. The van der Waals surface area contributed by atoms with Crippen molar-refractivity contribution in [3.05, 3.63) is 56.5 Å². The minimum Gasteiger partial charge on any atom is -0.281 e. The Morgan fingerprint density at radius 1 is 1.33 bits per heavy atom. The molecule has 4 nitrogen and oxygen atoms in total. The standard InChI is InChI=1S/C13H11NO3S/c1-2-12-8-10(13(15)18-12)7-9-3-5-11(6-4-9)14(16)17/h3-8H,2H2,1H3/b10-7-. The van der Waals surface area contributed by atoms with Crippen LogP contribution in [0.2, 0.25) is 0 Å². The molecular formula is C13H11NO3S. The number of benzene rings is 1. The molecule has 0 aliphatic carbocycles. The van der Waals surface area contributed by atoms with Gasteiger partial charge in [0.1, 0.15) is 0 Å². The minimum absolute atomic E-state index is 0.0326. The molecule has 0 amide bonds. The summed E-state index contributed by atoms with van der Waals surface area (Å²) in [6.45, 7) is 2.00. The molecule has 0 radical (unpaired) electrons. The molecular weight excluding hydrogens is 250 g/mol. The topological polar surface area (TPSA) is 60.2 Å². The zero-order valence-corrected chi connectivity index (χ0v) is 10.6. The Morgan fingerprint density at radius 2 is 2.00 bits per heavy atom. The highest BCUT2D eigenvalue weighted by molar-refractivity contribution is 8.17. The van der Waals surface area contributed by atoms with Crippen molar-refractivity contribution < 1.29 is 9.72 Å². The van der Waals surface area contributed by atoms with Crippen molar-refractivity contribution in [2.24, 2.45) is 0 Å². The largest absolute Gasteiger partial charge is 0.281 e. The van der Waals surface area contributed by atoms with Gasteiger partial charge in [-0.1, -0.05) is 18.7 Å². The van der Waals surface area contributed by atoms with E-state index in [1.165, 1.54) is 23.9 Å². The van der Waals surface area contributed by atoms with E-state index in [1.54, 1.807) is 18.2 Å². The van der Waals surface area contributed by atoms with E-state index < -0.39 is 4.92 Å². The molecule has 1 aliphatic heterocycles. The van der Waals surface area contributed by atoms with E-state index in [4.69, 9.17) is 0 Å². The Labute approximate surface area is 109 Å². The minimum atomic E-state index is -0.442. The molecule has 1 aliphatic rings. The van der Waals surface area contributed by atoms with Crippen molar-refractivity contribution in [1.82, 2.24) is 0 Å². The van der Waals surface area contributed by atoms with Gasteiger partial charge in [0, 0.05) is 17.7 Å². The van der Waals surface area contributed by atoms with Crippen LogP contribution in [0, 0.1) is 10.1 Å². The van der Waals surface area contributed by atoms with Crippen molar-refractivity contribution >= 4 is 28.6 Å². The zero-order chi connectivity index (χ0) is 13.1. The van der Waals surface area contributed by atoms with Gasteiger partial charge in [-0.3, -0.25) is 14.9 Å². The Bertz CT molecular complexity index is 558. The second-order valence-electron chi connectivity index (χ2n) is 3.80. The number of nitro benzene ring substituents is 1. The number of carbonyl (C=O) groups excluding carboxylic acids is 1. The highest BCUT2D eigenvalue weighted by Crippen LogP contribution is 2.33. The van der Waals surface area contributed by atoms with Crippen molar-refractivity contribution in [3.8, 4) is 0 Å². The number of hydrogen-bond donors (Lipinski definition) is 0. The molecule has 0 bridgehead atoms. The van der Waals surface area contributed by atoms with Crippen molar-refractivity contribution in [3.63, 3.8) is 0 Å². The molecule has 0 saturated carbocycles. The van der Waals surface area contributed by atoms with Gasteiger partial charge in [-0.15, -0.1) is 0 Å². The van der Waals surface area contributed by atoms with Crippen LogP contribution in [-0.4, -0.2) is 10.0 Å². The van der Waals surface area contributed by atoms with Crippen molar-refractivity contribution in [2.75, 3.05) is 0 Å². The summed E-state index contributed by atoms with van der Waals surface area (Å²) in [6, 6.07) is 6.15. The number of hydrogen-bond acceptors (Lipinski definition) is 4. The summed E-state index contributed by atoms with van der Waals surface area (Å²) in [4.78, 5) is 22.8. The molecule has 0 atom stereocenters. The molecule has 0 spiro atoms. The van der Waals surface area contributed by atoms with Crippen LogP contribution < -0.4 is 0 Å². The Kier molecular flexibility index (Phi) is 3.62. The molecule has 0 fully saturated rings. The quantitative estimate of drug-likeness (QED) is 0.474. The Balaban J connectivity index is 2.25. The summed E-state index contributed by atoms with van der Waals surface area (Å²) >= 11 is 1.25. The third kappa shape index (κ3) is 2.68. The van der Waals surface area contributed by atoms with E-state index >= 15 is 0 Å². The lowest BCUT2D eigenvalue weighted by atomic mass is 10.1. The highest BCUT2D eigenvalue weighted by atomic mass is 32.2. The number of non-ortho nitro benzene ring substituents is 1. The fourth-order valence-corrected chi connectivity index (χ4v) is 2.39. The van der Waals surface area contributed by atoms with Gasteiger partial charge in [0.2, 0.25) is 5.12 Å². The van der Waals surface area contributed by atoms with Crippen LogP contribution in [-0.2, 0) is 4.79 Å². The maximum absolute atomic E-state index is 11.7. The van der Waals surface area contributed by atoms with E-state index in [1.807, 2.05) is 13.0 Å². The molecule has 1 aromatic carbocycles. The molecule has 1 heterocycles. The molecule has 0 saturated heterocycles. The van der Waals surface area contributed by atoms with Gasteiger partial charge >= 0.3 is 0 Å². The Morgan fingerprint density at radius 3 is 2.50 bits per heavy atom. The van der Waals surface area contributed by atoms with Gasteiger partial charge < -0.3 is 0 Å². The first kappa shape index (κ1) is 12.6. The molecule has 2 rings (SSSR count). The van der Waals surface area contributed by atoms with Crippen molar-refractivity contribution in [2.45, 2.75) is 13.3 Å². The van der Waals surface area contributed by atoms with Gasteiger partial charge in [0.15, 0.2) is 0 Å². The fraction of sp³-hybridized carbons (Fsp3) is 0.154. The van der Waals surface area contributed by atoms with Crippen LogP contribution in [0.3, 0.4) is 0 Å². The van der Waals surface area contributed by atoms with Crippen LogP contribution in [0.25, 0.3) is 6.08 Å². The first-order chi connectivity index (χ1) is 8.60. The number of rotatable bonds is 3. The zero-order valence-electron chi connectivity index (χ0n) is 9.75. The third-order valence-corrected chi connectivity index (χ3v) is 3.64. The summed E-state index contributed by atoms with van der Waals surface area (Å²) in [7, 11) is 0. The molecule has 92 valence electrons. The SMILES string of the molecule is CCC1=C/C(=C/c2ccc([N+](=O)[O-])cc2)C(=O)S1. The normalized spacial score (nSPS) is 17.1. The van der Waals surface area contributed by atoms with Crippen molar-refractivity contribution in [1.29, 1.82) is 0 Å². The van der Waals surface area contributed by atoms with Gasteiger partial charge in [-0.2, -0.15) is 0 Å². The van der Waals surface area contributed by atoms with Crippen LogP contribution in [0.15, 0.2) is 40.8 Å². The number of nitro groups is 1. The van der Waals surface area contributed by atoms with E-state index in [0.29, 0.717) is 5.57 Å². The molecule has 0 unspecified atom stereocenters. The average molecular weight is 261 g/mol. The number of carbonyl (C=O) groups is 1. The van der Waals surface area contributed by atoms with Crippen LogP contribution in [0.1, 0.15) is 18.9 Å². The number of allylic oxidation sites excluding steroid dienone is 2. The van der Waals surface area contributed by atoms with E-state index in [0.717, 1.165) is 16.9 Å². The van der Waals surface area contributed by atoms with Gasteiger partial charge in [-0.25, -0.2) is 0 Å². The molecule has 18 heavy (non-hydrogen) atoms. The highest BCUT2D eigenvalue weighted by Gasteiger charge is 2.18. The van der Waals surface area contributed by atoms with Gasteiger partial charge in [0.25, 0.3) is 5.69 Å². The fourth-order valence-electron chi connectivity index (χ4n) is 1.59.